The van der Waals surface area contributed by atoms with E-state index >= 15 is 0 Å². The highest BCUT2D eigenvalue weighted by Crippen LogP contribution is 2.39. The zero-order chi connectivity index (χ0) is 30.7. The lowest BCUT2D eigenvalue weighted by molar-refractivity contribution is -0.153. The molecule has 14 heteroatoms. The van der Waals surface area contributed by atoms with Gasteiger partial charge in [-0.2, -0.15) is 26.9 Å². The van der Waals surface area contributed by atoms with Gasteiger partial charge >= 0.3 is 16.4 Å². The largest absolute Gasteiger partial charge is 0.483 e. The van der Waals surface area contributed by atoms with Crippen LogP contribution in [0.1, 0.15) is 24.4 Å². The fourth-order valence-electron chi connectivity index (χ4n) is 5.70. The summed E-state index contributed by atoms with van der Waals surface area (Å²) in [4.78, 5) is 22.5. The quantitative estimate of drug-likeness (QED) is 0.207. The van der Waals surface area contributed by atoms with Crippen molar-refractivity contribution in [3.8, 4) is 22.9 Å². The molecule has 0 unspecified atom stereocenters. The second-order valence-corrected chi connectivity index (χ2v) is 11.9. The Bertz CT molecular complexity index is 2130. The summed E-state index contributed by atoms with van der Waals surface area (Å²) in [6, 6.07) is 10.4. The Balaban J connectivity index is 1.72. The van der Waals surface area contributed by atoms with Gasteiger partial charge in [-0.05, 0) is 63.3 Å². The monoisotopic (exact) mass is 613 g/mol. The summed E-state index contributed by atoms with van der Waals surface area (Å²) >= 11 is 0. The van der Waals surface area contributed by atoms with Gasteiger partial charge in [0.1, 0.15) is 16.3 Å². The molecule has 0 saturated carbocycles. The Hall–Kier alpha value is -4.48. The number of nitrogens with one attached hydrogen (secondary N) is 1. The Labute approximate surface area is 242 Å². The van der Waals surface area contributed by atoms with Crippen LogP contribution in [0.5, 0.6) is 5.75 Å². The Morgan fingerprint density at radius 1 is 1.12 bits per heavy atom. The molecule has 0 atom stereocenters. The third-order valence-electron chi connectivity index (χ3n) is 7.73. The third kappa shape index (κ3) is 5.30. The fourth-order valence-corrected chi connectivity index (χ4v) is 6.16. The summed E-state index contributed by atoms with van der Waals surface area (Å²) in [5, 5.41) is 10.4. The molecule has 5 aromatic rings. The van der Waals surface area contributed by atoms with Crippen LogP contribution in [0.15, 0.2) is 58.5 Å². The lowest BCUT2D eigenvalue weighted by Crippen LogP contribution is -2.32. The molecule has 43 heavy (non-hydrogen) atoms. The molecule has 0 radical (unpaired) electrons. The minimum Gasteiger partial charge on any atom is -0.483 e. The van der Waals surface area contributed by atoms with Crippen molar-refractivity contribution in [1.82, 2.24) is 19.4 Å². The highest BCUT2D eigenvalue weighted by Gasteiger charge is 2.30. The molecule has 0 amide bonds. The minimum absolute atomic E-state index is 0.00180. The van der Waals surface area contributed by atoms with E-state index in [-0.39, 0.29) is 28.3 Å². The number of benzene rings is 2. The molecule has 1 aliphatic heterocycles. The van der Waals surface area contributed by atoms with E-state index in [1.165, 1.54) is 18.3 Å². The zero-order valence-corrected chi connectivity index (χ0v) is 23.4. The lowest BCUT2D eigenvalue weighted by Gasteiger charge is -2.32. The number of nitrogens with zero attached hydrogens (tertiary/aromatic N) is 4. The second kappa shape index (κ2) is 10.4. The summed E-state index contributed by atoms with van der Waals surface area (Å²) < 4.78 is 84.0. The smallest absolute Gasteiger partial charge is 0.422 e. The molecule has 1 fully saturated rings. The topological polar surface area (TPSA) is 121 Å². The number of pyridine rings is 2. The standard InChI is InChI=1S/C29H23F4N5O4S/c1-37-6-4-18(5-7-37)38-24-10-21(17-9-19(14-35-13-17)43(33,40)41)25(42-15-29(30,31)32)11-22(24)27(39)26-20-3-2-16(12-34)8-23(20)36-28(26)38/h2-3,8-11,13-14,18,36H,4-7,15H2,1H3. The number of alkyl halides is 3. The Morgan fingerprint density at radius 3 is 2.53 bits per heavy atom. The van der Waals surface area contributed by atoms with Crippen molar-refractivity contribution in [2.24, 2.45) is 0 Å². The Kier molecular flexibility index (Phi) is 6.89. The predicted octanol–water partition coefficient (Wildman–Crippen LogP) is 5.44. The molecule has 1 saturated heterocycles. The van der Waals surface area contributed by atoms with Gasteiger partial charge in [-0.15, -0.1) is 3.89 Å². The number of hydrogen-bond donors (Lipinski definition) is 1. The van der Waals surface area contributed by atoms with Crippen LogP contribution in [0.4, 0.5) is 17.1 Å². The summed E-state index contributed by atoms with van der Waals surface area (Å²) in [6.07, 6.45) is -1.36. The molecule has 9 nitrogen and oxygen atoms in total. The lowest BCUT2D eigenvalue weighted by atomic mass is 9.99. The summed E-state index contributed by atoms with van der Waals surface area (Å²) in [7, 11) is -3.19. The highest BCUT2D eigenvalue weighted by atomic mass is 32.3. The number of aromatic amines is 1. The number of ether oxygens (including phenoxy) is 1. The van der Waals surface area contributed by atoms with E-state index in [0.29, 0.717) is 45.9 Å². The van der Waals surface area contributed by atoms with Crippen LogP contribution in [0.25, 0.3) is 44.0 Å². The van der Waals surface area contributed by atoms with Crippen LogP contribution in [0.3, 0.4) is 0 Å². The van der Waals surface area contributed by atoms with Gasteiger partial charge in [-0.3, -0.25) is 9.78 Å². The van der Waals surface area contributed by atoms with Crippen LogP contribution >= 0.6 is 0 Å². The molecule has 6 rings (SSSR count). The third-order valence-corrected chi connectivity index (χ3v) is 8.51. The number of rotatable bonds is 5. The fraction of sp³-hybridized carbons (Fsp3) is 0.276. The van der Waals surface area contributed by atoms with Crippen molar-refractivity contribution in [2.75, 3.05) is 26.7 Å². The van der Waals surface area contributed by atoms with E-state index in [9.17, 15) is 35.5 Å². The normalized spacial score (nSPS) is 15.3. The van der Waals surface area contributed by atoms with Crippen molar-refractivity contribution in [3.05, 3.63) is 64.6 Å². The summed E-state index contributed by atoms with van der Waals surface area (Å²) in [5.41, 5.74) is 1.27. The zero-order valence-electron chi connectivity index (χ0n) is 22.6. The number of fused-ring (bicyclic) bond motifs is 4. The predicted molar refractivity (Wildman–Crippen MR) is 151 cm³/mol. The number of H-pyrrole nitrogens is 1. The van der Waals surface area contributed by atoms with E-state index in [1.807, 2.05) is 11.6 Å². The maximum absolute atomic E-state index is 14.1. The van der Waals surface area contributed by atoms with E-state index in [1.54, 1.807) is 18.2 Å². The van der Waals surface area contributed by atoms with Crippen LogP contribution in [-0.4, -0.2) is 60.8 Å². The number of nitriles is 1. The minimum atomic E-state index is -5.18. The molecule has 4 heterocycles. The van der Waals surface area contributed by atoms with Crippen molar-refractivity contribution in [3.63, 3.8) is 0 Å². The van der Waals surface area contributed by atoms with E-state index in [4.69, 9.17) is 4.74 Å². The van der Waals surface area contributed by atoms with Crippen LogP contribution in [0.2, 0.25) is 0 Å². The van der Waals surface area contributed by atoms with Crippen molar-refractivity contribution in [1.29, 1.82) is 5.26 Å². The van der Waals surface area contributed by atoms with Crippen molar-refractivity contribution >= 4 is 43.1 Å². The van der Waals surface area contributed by atoms with E-state index in [2.05, 4.69) is 20.9 Å². The molecular weight excluding hydrogens is 590 g/mol. The highest BCUT2D eigenvalue weighted by molar-refractivity contribution is 7.86. The average Bonchev–Trinajstić information content (AvgIpc) is 3.34. The molecular formula is C29H23F4N5O4S. The van der Waals surface area contributed by atoms with Gasteiger partial charge in [0.25, 0.3) is 0 Å². The molecule has 3 aromatic heterocycles. The van der Waals surface area contributed by atoms with Crippen LogP contribution < -0.4 is 10.2 Å². The molecule has 0 aliphatic carbocycles. The van der Waals surface area contributed by atoms with Crippen molar-refractivity contribution in [2.45, 2.75) is 30.0 Å². The maximum Gasteiger partial charge on any atom is 0.422 e. The molecule has 1 N–H and O–H groups in total. The summed E-state index contributed by atoms with van der Waals surface area (Å²) in [5.74, 6) is -0.349. The maximum atomic E-state index is 14.1. The number of piperidine rings is 1. The number of halogens is 4. The van der Waals surface area contributed by atoms with Gasteiger partial charge in [0, 0.05) is 40.5 Å². The van der Waals surface area contributed by atoms with Gasteiger partial charge < -0.3 is 19.2 Å². The van der Waals surface area contributed by atoms with Gasteiger partial charge in [0.05, 0.1) is 27.9 Å². The number of likely N-dealkylation sites (tertiary alicyclic amines) is 1. The van der Waals surface area contributed by atoms with E-state index in [0.717, 1.165) is 25.4 Å². The summed E-state index contributed by atoms with van der Waals surface area (Å²) in [6.45, 7) is -0.188. The molecule has 1 aliphatic rings. The number of hydrogen-bond acceptors (Lipinski definition) is 7. The van der Waals surface area contributed by atoms with Crippen molar-refractivity contribution < 1.29 is 30.2 Å². The van der Waals surface area contributed by atoms with Gasteiger partial charge in [-0.1, -0.05) is 6.07 Å². The molecule has 2 aromatic carbocycles. The molecule has 0 bridgehead atoms. The second-order valence-electron chi connectivity index (χ2n) is 10.6. The van der Waals surface area contributed by atoms with E-state index < -0.39 is 33.3 Å². The Morgan fingerprint density at radius 2 is 1.86 bits per heavy atom. The SMILES string of the molecule is CN1CCC(n2c3cc(-c4cncc(S(=O)(=O)F)c4)c(OCC(F)(F)F)cc3c(=O)c3c4ccc(C#N)cc4[nH]c32)CC1. The van der Waals surface area contributed by atoms with Crippen LogP contribution in [0, 0.1) is 11.3 Å². The first-order chi connectivity index (χ1) is 20.3. The number of aromatic nitrogens is 3. The first-order valence-corrected chi connectivity index (χ1v) is 14.6. The van der Waals surface area contributed by atoms with Gasteiger partial charge in [-0.25, -0.2) is 0 Å². The van der Waals surface area contributed by atoms with Crippen LogP contribution in [-0.2, 0) is 10.2 Å². The first-order valence-electron chi connectivity index (χ1n) is 13.2. The van der Waals surface area contributed by atoms with Gasteiger partial charge in [0.15, 0.2) is 12.0 Å². The average molecular weight is 614 g/mol. The molecule has 222 valence electrons. The van der Waals surface area contributed by atoms with Gasteiger partial charge in [0.2, 0.25) is 0 Å². The molecule has 0 spiro atoms. The first kappa shape index (κ1) is 28.6.